The number of thioether (sulfide) groups is 1. The number of carbonyl (C=O) groups is 2. The molecule has 0 saturated carbocycles. The number of carbonyl (C=O) groups excluding carboxylic acids is 2. The molecule has 6 heteroatoms. The van der Waals surface area contributed by atoms with E-state index in [1.54, 1.807) is 0 Å². The van der Waals surface area contributed by atoms with E-state index < -0.39 is 5.41 Å². The van der Waals surface area contributed by atoms with Crippen molar-refractivity contribution in [3.8, 4) is 0 Å². The van der Waals surface area contributed by atoms with Crippen LogP contribution in [0, 0.1) is 5.41 Å². The number of amides is 1. The number of thiophene rings is 1. The van der Waals surface area contributed by atoms with Crippen molar-refractivity contribution >= 4 is 34.8 Å². The molecule has 1 aromatic rings. The van der Waals surface area contributed by atoms with Gasteiger partial charge >= 0.3 is 0 Å². The molecule has 2 heterocycles. The van der Waals surface area contributed by atoms with Gasteiger partial charge in [-0.3, -0.25) is 9.59 Å². The van der Waals surface area contributed by atoms with Gasteiger partial charge in [-0.1, -0.05) is 26.7 Å². The van der Waals surface area contributed by atoms with Gasteiger partial charge in [-0.15, -0.1) is 23.1 Å². The molecule has 136 valence electrons. The van der Waals surface area contributed by atoms with Crippen molar-refractivity contribution in [2.45, 2.75) is 50.2 Å². The molecule has 0 aromatic carbocycles. The van der Waals surface area contributed by atoms with Gasteiger partial charge in [0.15, 0.2) is 5.78 Å². The Balaban J connectivity index is 2.06. The fourth-order valence-corrected chi connectivity index (χ4v) is 5.81. The van der Waals surface area contributed by atoms with Crippen LogP contribution in [0.15, 0.2) is 16.0 Å². The van der Waals surface area contributed by atoms with E-state index in [0.717, 1.165) is 46.8 Å². The SMILES string of the molecule is CSc1sc(C(=O)N2CCCCCC2)c2c1C(=O)C(=CO)C(C)(C)C2. The minimum absolute atomic E-state index is 0.0727. The molecule has 2 aliphatic rings. The zero-order valence-electron chi connectivity index (χ0n) is 15.1. The molecule has 1 aliphatic carbocycles. The minimum atomic E-state index is -0.469. The molecule has 1 fully saturated rings. The molecule has 1 saturated heterocycles. The first-order valence-electron chi connectivity index (χ1n) is 8.79. The summed E-state index contributed by atoms with van der Waals surface area (Å²) < 4.78 is 0.882. The first-order valence-corrected chi connectivity index (χ1v) is 10.8. The summed E-state index contributed by atoms with van der Waals surface area (Å²) in [6, 6.07) is 0. The number of rotatable bonds is 2. The minimum Gasteiger partial charge on any atom is -0.515 e. The molecule has 1 amide bonds. The van der Waals surface area contributed by atoms with E-state index >= 15 is 0 Å². The van der Waals surface area contributed by atoms with Crippen molar-refractivity contribution in [2.24, 2.45) is 5.41 Å². The van der Waals surface area contributed by atoms with E-state index in [4.69, 9.17) is 0 Å². The number of hydrogen-bond donors (Lipinski definition) is 1. The number of ketones is 1. The second-order valence-electron chi connectivity index (χ2n) is 7.42. The van der Waals surface area contributed by atoms with Crippen LogP contribution >= 0.6 is 23.1 Å². The van der Waals surface area contributed by atoms with Gasteiger partial charge in [-0.2, -0.15) is 0 Å². The van der Waals surface area contributed by atoms with Gasteiger partial charge in [0.2, 0.25) is 0 Å². The van der Waals surface area contributed by atoms with E-state index in [2.05, 4.69) is 0 Å². The van der Waals surface area contributed by atoms with Crippen molar-refractivity contribution in [3.63, 3.8) is 0 Å². The summed E-state index contributed by atoms with van der Waals surface area (Å²) in [7, 11) is 0. The Hall–Kier alpha value is -1.27. The number of hydrogen-bond acceptors (Lipinski definition) is 5. The van der Waals surface area contributed by atoms with Crippen LogP contribution in [0.4, 0.5) is 0 Å². The van der Waals surface area contributed by atoms with Crippen LogP contribution in [0.2, 0.25) is 0 Å². The standard InChI is InChI=1S/C19H25NO3S2/c1-19(2)10-12-14(15(22)13(19)11-21)18(24-3)25-16(12)17(23)20-8-6-4-5-7-9-20/h11,21H,4-10H2,1-3H3. The van der Waals surface area contributed by atoms with E-state index in [1.165, 1.54) is 35.9 Å². The van der Waals surface area contributed by atoms with Crippen molar-refractivity contribution in [1.29, 1.82) is 0 Å². The van der Waals surface area contributed by atoms with Gasteiger partial charge in [0.25, 0.3) is 5.91 Å². The fourth-order valence-electron chi connectivity index (χ4n) is 3.79. The highest BCUT2D eigenvalue weighted by atomic mass is 32.2. The summed E-state index contributed by atoms with van der Waals surface area (Å²) in [4.78, 5) is 28.8. The van der Waals surface area contributed by atoms with Gasteiger partial charge in [-0.25, -0.2) is 0 Å². The Morgan fingerprint density at radius 1 is 1.24 bits per heavy atom. The maximum Gasteiger partial charge on any atom is 0.264 e. The van der Waals surface area contributed by atoms with Gasteiger partial charge in [0, 0.05) is 24.1 Å². The highest BCUT2D eigenvalue weighted by Crippen LogP contribution is 2.47. The van der Waals surface area contributed by atoms with Crippen LogP contribution in [-0.4, -0.2) is 41.0 Å². The molecule has 0 atom stereocenters. The lowest BCUT2D eigenvalue weighted by atomic mass is 9.71. The average molecular weight is 380 g/mol. The number of likely N-dealkylation sites (tertiary alicyclic amines) is 1. The van der Waals surface area contributed by atoms with Crippen LogP contribution in [0.1, 0.15) is 65.1 Å². The molecule has 4 nitrogen and oxygen atoms in total. The lowest BCUT2D eigenvalue weighted by molar-refractivity contribution is 0.0765. The average Bonchev–Trinajstić information content (AvgIpc) is 2.74. The van der Waals surface area contributed by atoms with E-state index in [0.29, 0.717) is 17.6 Å². The highest BCUT2D eigenvalue weighted by molar-refractivity contribution is 8.00. The molecular weight excluding hydrogens is 354 g/mol. The normalized spacial score (nSPS) is 22.0. The zero-order chi connectivity index (χ0) is 18.2. The summed E-state index contributed by atoms with van der Waals surface area (Å²) in [6.07, 6.45) is 7.95. The largest absolute Gasteiger partial charge is 0.515 e. The Morgan fingerprint density at radius 3 is 2.44 bits per heavy atom. The van der Waals surface area contributed by atoms with E-state index in [1.807, 2.05) is 25.0 Å². The number of aliphatic hydroxyl groups is 1. The molecule has 25 heavy (non-hydrogen) atoms. The summed E-state index contributed by atoms with van der Waals surface area (Å²) >= 11 is 2.95. The second kappa shape index (κ2) is 7.16. The number of fused-ring (bicyclic) bond motifs is 1. The number of allylic oxidation sites excluding steroid dienone is 1. The Morgan fingerprint density at radius 2 is 1.88 bits per heavy atom. The number of Topliss-reactive ketones (excluding diaryl/α,β-unsaturated/α-hetero) is 1. The third-order valence-electron chi connectivity index (χ3n) is 5.20. The lowest BCUT2D eigenvalue weighted by Crippen LogP contribution is -2.34. The molecule has 0 spiro atoms. The van der Waals surface area contributed by atoms with Crippen molar-refractivity contribution in [3.05, 3.63) is 27.8 Å². The van der Waals surface area contributed by atoms with E-state index in [9.17, 15) is 14.7 Å². The monoisotopic (exact) mass is 379 g/mol. The van der Waals surface area contributed by atoms with Crippen molar-refractivity contribution in [2.75, 3.05) is 19.3 Å². The lowest BCUT2D eigenvalue weighted by Gasteiger charge is -2.32. The van der Waals surface area contributed by atoms with Crippen LogP contribution in [-0.2, 0) is 6.42 Å². The zero-order valence-corrected chi connectivity index (χ0v) is 16.7. The maximum atomic E-state index is 13.2. The molecule has 1 N–H and O–H groups in total. The second-order valence-corrected chi connectivity index (χ2v) is 9.51. The van der Waals surface area contributed by atoms with Gasteiger partial charge in [0.1, 0.15) is 0 Å². The Bertz CT molecular complexity index is 725. The smallest absolute Gasteiger partial charge is 0.264 e. The summed E-state index contributed by atoms with van der Waals surface area (Å²) in [5, 5.41) is 9.58. The van der Waals surface area contributed by atoms with E-state index in [-0.39, 0.29) is 11.7 Å². The maximum absolute atomic E-state index is 13.2. The van der Waals surface area contributed by atoms with Gasteiger partial charge < -0.3 is 10.0 Å². The molecule has 0 bridgehead atoms. The fraction of sp³-hybridized carbons (Fsp3) is 0.579. The topological polar surface area (TPSA) is 57.6 Å². The first kappa shape index (κ1) is 18.5. The Kier molecular flexibility index (Phi) is 5.30. The summed E-state index contributed by atoms with van der Waals surface area (Å²) in [5.41, 5.74) is 1.48. The molecule has 1 aromatic heterocycles. The molecule has 1 aliphatic heterocycles. The number of nitrogens with zero attached hydrogens (tertiary/aromatic N) is 1. The third kappa shape index (κ3) is 3.26. The highest BCUT2D eigenvalue weighted by Gasteiger charge is 2.42. The summed E-state index contributed by atoms with van der Waals surface area (Å²) in [5.74, 6) is -0.0623. The van der Waals surface area contributed by atoms with Crippen LogP contribution < -0.4 is 0 Å². The van der Waals surface area contributed by atoms with Crippen molar-refractivity contribution < 1.29 is 14.7 Å². The van der Waals surface area contributed by atoms with Crippen LogP contribution in [0.3, 0.4) is 0 Å². The van der Waals surface area contributed by atoms with Gasteiger partial charge in [0.05, 0.1) is 20.9 Å². The third-order valence-corrected chi connectivity index (χ3v) is 7.54. The van der Waals surface area contributed by atoms with Crippen LogP contribution in [0.5, 0.6) is 0 Å². The molecule has 0 radical (unpaired) electrons. The van der Waals surface area contributed by atoms with Crippen LogP contribution in [0.25, 0.3) is 0 Å². The molecular formula is C19H25NO3S2. The van der Waals surface area contributed by atoms with Gasteiger partial charge in [-0.05, 0) is 31.1 Å². The van der Waals surface area contributed by atoms with Crippen molar-refractivity contribution in [1.82, 2.24) is 4.90 Å². The number of aliphatic hydroxyl groups excluding tert-OH is 1. The first-order chi connectivity index (χ1) is 11.9. The Labute approximate surface area is 157 Å². The quantitative estimate of drug-likeness (QED) is 0.460. The summed E-state index contributed by atoms with van der Waals surface area (Å²) in [6.45, 7) is 5.51. The predicted molar refractivity (Wildman–Crippen MR) is 103 cm³/mol. The predicted octanol–water partition coefficient (Wildman–Crippen LogP) is 4.69. The molecule has 3 rings (SSSR count). The molecule has 0 unspecified atom stereocenters.